The van der Waals surface area contributed by atoms with E-state index in [1.165, 1.54) is 41.7 Å². The summed E-state index contributed by atoms with van der Waals surface area (Å²) in [6.45, 7) is 1.95. The van der Waals surface area contributed by atoms with Crippen molar-refractivity contribution in [2.75, 3.05) is 5.32 Å². The minimum Gasteiger partial charge on any atom is -0.351 e. The highest BCUT2D eigenvalue weighted by atomic mass is 79.9. The summed E-state index contributed by atoms with van der Waals surface area (Å²) >= 11 is 5.98. The maximum Gasteiger partial charge on any atom is 0.257 e. The van der Waals surface area contributed by atoms with Crippen LogP contribution in [0.3, 0.4) is 0 Å². The second kappa shape index (κ2) is 8.07. The van der Waals surface area contributed by atoms with Crippen LogP contribution in [-0.2, 0) is 11.3 Å². The maximum atomic E-state index is 13.4. The van der Waals surface area contributed by atoms with Gasteiger partial charge in [-0.15, -0.1) is 22.7 Å². The van der Waals surface area contributed by atoms with E-state index in [0.717, 1.165) is 15.4 Å². The quantitative estimate of drug-likeness (QED) is 0.589. The highest BCUT2D eigenvalue weighted by Gasteiger charge is 2.13. The average molecular weight is 454 g/mol. The van der Waals surface area contributed by atoms with Gasteiger partial charge in [0.05, 0.1) is 17.1 Å². The number of amides is 2. The Morgan fingerprint density at radius 2 is 2.08 bits per heavy atom. The van der Waals surface area contributed by atoms with Crippen LogP contribution in [0, 0.1) is 5.82 Å². The first-order chi connectivity index (χ1) is 12.4. The number of carbonyl (C=O) groups is 2. The summed E-state index contributed by atoms with van der Waals surface area (Å²) in [5.74, 6) is -0.999. The van der Waals surface area contributed by atoms with Crippen LogP contribution >= 0.6 is 38.6 Å². The zero-order valence-electron chi connectivity index (χ0n) is 13.5. The van der Waals surface area contributed by atoms with E-state index in [2.05, 4.69) is 31.5 Å². The molecule has 0 bridgehead atoms. The van der Waals surface area contributed by atoms with Gasteiger partial charge in [0, 0.05) is 27.2 Å². The van der Waals surface area contributed by atoms with Gasteiger partial charge < -0.3 is 5.32 Å². The molecule has 0 atom stereocenters. The molecule has 1 aromatic carbocycles. The molecule has 0 spiro atoms. The van der Waals surface area contributed by atoms with Gasteiger partial charge in [-0.05, 0) is 30.3 Å². The van der Waals surface area contributed by atoms with Crippen molar-refractivity contribution in [3.05, 3.63) is 56.4 Å². The van der Waals surface area contributed by atoms with Crippen LogP contribution in [0.25, 0.3) is 10.6 Å². The molecule has 2 N–H and O–H groups in total. The Kier molecular flexibility index (Phi) is 5.80. The molecule has 3 rings (SSSR count). The molecular weight excluding hydrogens is 441 g/mol. The van der Waals surface area contributed by atoms with Crippen LogP contribution in [0.4, 0.5) is 9.52 Å². The van der Waals surface area contributed by atoms with Gasteiger partial charge >= 0.3 is 0 Å². The van der Waals surface area contributed by atoms with Crippen LogP contribution in [0.1, 0.15) is 22.2 Å². The van der Waals surface area contributed by atoms with Crippen LogP contribution < -0.4 is 10.6 Å². The van der Waals surface area contributed by atoms with Gasteiger partial charge in [0.2, 0.25) is 5.91 Å². The number of hydrogen-bond donors (Lipinski definition) is 2. The molecule has 0 saturated carbocycles. The molecule has 2 heterocycles. The Labute approximate surface area is 165 Å². The highest BCUT2D eigenvalue weighted by Crippen LogP contribution is 2.31. The van der Waals surface area contributed by atoms with Crippen molar-refractivity contribution in [2.24, 2.45) is 0 Å². The molecule has 0 unspecified atom stereocenters. The Bertz CT molecular complexity index is 950. The number of nitrogens with one attached hydrogen (secondary N) is 2. The number of halogens is 2. The lowest BCUT2D eigenvalue weighted by atomic mass is 10.2. The number of rotatable bonds is 5. The van der Waals surface area contributed by atoms with E-state index in [0.29, 0.717) is 16.1 Å². The molecule has 0 aliphatic heterocycles. The molecule has 0 radical (unpaired) electrons. The summed E-state index contributed by atoms with van der Waals surface area (Å²) in [6.07, 6.45) is 0. The lowest BCUT2D eigenvalue weighted by Crippen LogP contribution is -2.17. The zero-order chi connectivity index (χ0) is 18.7. The lowest BCUT2D eigenvalue weighted by Gasteiger charge is -2.02. The third-order valence-corrected chi connectivity index (χ3v) is 5.60. The number of thiophene rings is 1. The molecule has 134 valence electrons. The van der Waals surface area contributed by atoms with Crippen molar-refractivity contribution >= 4 is 55.5 Å². The van der Waals surface area contributed by atoms with E-state index in [-0.39, 0.29) is 11.5 Å². The monoisotopic (exact) mass is 453 g/mol. The van der Waals surface area contributed by atoms with E-state index < -0.39 is 11.7 Å². The summed E-state index contributed by atoms with van der Waals surface area (Å²) in [7, 11) is 0. The predicted octanol–water partition coefficient (Wildman–Crippen LogP) is 4.66. The number of anilines is 1. The maximum absolute atomic E-state index is 13.4. The first-order valence-electron chi connectivity index (χ1n) is 7.47. The third kappa shape index (κ3) is 4.75. The van der Waals surface area contributed by atoms with Crippen molar-refractivity contribution in [3.63, 3.8) is 0 Å². The van der Waals surface area contributed by atoms with Crippen LogP contribution in [0.15, 0.2) is 40.2 Å². The second-order valence-corrected chi connectivity index (χ2v) is 8.27. The van der Waals surface area contributed by atoms with Crippen molar-refractivity contribution in [1.82, 2.24) is 10.3 Å². The SMILES string of the molecule is CC(=O)NCc1ccc(-c2csc(NC(=O)c3cc(F)cc(Br)c3)n2)s1. The van der Waals surface area contributed by atoms with Gasteiger partial charge in [-0.25, -0.2) is 9.37 Å². The Balaban J connectivity index is 1.70. The largest absolute Gasteiger partial charge is 0.351 e. The molecule has 9 heteroatoms. The molecule has 2 amide bonds. The average Bonchev–Trinajstić information content (AvgIpc) is 3.21. The van der Waals surface area contributed by atoms with E-state index in [4.69, 9.17) is 0 Å². The Morgan fingerprint density at radius 3 is 2.81 bits per heavy atom. The van der Waals surface area contributed by atoms with Crippen molar-refractivity contribution in [3.8, 4) is 10.6 Å². The Morgan fingerprint density at radius 1 is 1.27 bits per heavy atom. The number of thiazole rings is 1. The molecule has 3 aromatic rings. The van der Waals surface area contributed by atoms with Crippen LogP contribution in [0.5, 0.6) is 0 Å². The van der Waals surface area contributed by atoms with E-state index in [9.17, 15) is 14.0 Å². The normalized spacial score (nSPS) is 10.6. The van der Waals surface area contributed by atoms with Gasteiger partial charge in [0.25, 0.3) is 5.91 Å². The lowest BCUT2D eigenvalue weighted by molar-refractivity contribution is -0.119. The molecule has 5 nitrogen and oxygen atoms in total. The van der Waals surface area contributed by atoms with Gasteiger partial charge in [-0.1, -0.05) is 15.9 Å². The number of nitrogens with zero attached hydrogens (tertiary/aromatic N) is 1. The first-order valence-corrected chi connectivity index (χ1v) is 9.96. The van der Waals surface area contributed by atoms with Gasteiger partial charge in [0.1, 0.15) is 5.82 Å². The first kappa shape index (κ1) is 18.7. The molecule has 0 aliphatic carbocycles. The van der Waals surface area contributed by atoms with Crippen LogP contribution in [-0.4, -0.2) is 16.8 Å². The fourth-order valence-electron chi connectivity index (χ4n) is 2.12. The molecule has 26 heavy (non-hydrogen) atoms. The fraction of sp³-hybridized carbons (Fsp3) is 0.118. The van der Waals surface area contributed by atoms with Crippen LogP contribution in [0.2, 0.25) is 0 Å². The van der Waals surface area contributed by atoms with Gasteiger partial charge in [-0.2, -0.15) is 0 Å². The minimum atomic E-state index is -0.491. The molecular formula is C17H13BrFN3O2S2. The minimum absolute atomic E-state index is 0.0809. The summed E-state index contributed by atoms with van der Waals surface area (Å²) < 4.78 is 13.9. The van der Waals surface area contributed by atoms with E-state index in [1.54, 1.807) is 6.07 Å². The molecule has 2 aromatic heterocycles. The van der Waals surface area contributed by atoms with Crippen molar-refractivity contribution in [2.45, 2.75) is 13.5 Å². The third-order valence-electron chi connectivity index (χ3n) is 3.28. The summed E-state index contributed by atoms with van der Waals surface area (Å²) in [5.41, 5.74) is 0.951. The van der Waals surface area contributed by atoms with E-state index in [1.807, 2.05) is 17.5 Å². The summed E-state index contributed by atoms with van der Waals surface area (Å²) in [6, 6.07) is 7.85. The molecule has 0 saturated heterocycles. The van der Waals surface area contributed by atoms with Gasteiger partial charge in [0.15, 0.2) is 5.13 Å². The zero-order valence-corrected chi connectivity index (χ0v) is 16.7. The summed E-state index contributed by atoms with van der Waals surface area (Å²) in [4.78, 5) is 29.6. The van der Waals surface area contributed by atoms with Gasteiger partial charge in [-0.3, -0.25) is 14.9 Å². The summed E-state index contributed by atoms with van der Waals surface area (Å²) in [5, 5.41) is 7.70. The van der Waals surface area contributed by atoms with E-state index >= 15 is 0 Å². The van der Waals surface area contributed by atoms with Crippen molar-refractivity contribution in [1.29, 1.82) is 0 Å². The number of aromatic nitrogens is 1. The molecule has 0 fully saturated rings. The highest BCUT2D eigenvalue weighted by molar-refractivity contribution is 9.10. The topological polar surface area (TPSA) is 71.1 Å². The number of carbonyl (C=O) groups excluding carboxylic acids is 2. The van der Waals surface area contributed by atoms with Crippen molar-refractivity contribution < 1.29 is 14.0 Å². The number of benzene rings is 1. The standard InChI is InChI=1S/C17H13BrFN3O2S2/c1-9(23)20-7-13-2-3-15(26-13)14-8-25-17(21-14)22-16(24)10-4-11(18)6-12(19)5-10/h2-6,8H,7H2,1H3,(H,20,23)(H,21,22,24). The second-order valence-electron chi connectivity index (χ2n) is 5.33. The smallest absolute Gasteiger partial charge is 0.257 e. The predicted molar refractivity (Wildman–Crippen MR) is 105 cm³/mol. The Hall–Kier alpha value is -2.10. The fourth-order valence-corrected chi connectivity index (χ4v) is 4.27. The number of hydrogen-bond acceptors (Lipinski definition) is 5. The molecule has 0 aliphatic rings.